The summed E-state index contributed by atoms with van der Waals surface area (Å²) in [6.07, 6.45) is 0. The molecule has 0 saturated heterocycles. The second-order valence-electron chi connectivity index (χ2n) is 2.82. The fraction of sp³-hybridized carbons (Fsp3) is 0.111. The molecule has 0 aromatic heterocycles. The Morgan fingerprint density at radius 3 is 2.50 bits per heavy atom. The fourth-order valence-corrected chi connectivity index (χ4v) is 0.924. The average molecular weight is 231 g/mol. The molecule has 7 heteroatoms. The van der Waals surface area contributed by atoms with Crippen LogP contribution in [0.15, 0.2) is 12.1 Å². The first-order valence-corrected chi connectivity index (χ1v) is 4.05. The fourth-order valence-electron chi connectivity index (χ4n) is 0.924. The summed E-state index contributed by atoms with van der Waals surface area (Å²) in [5.74, 6) is -4.72. The van der Waals surface area contributed by atoms with Crippen molar-refractivity contribution in [2.45, 2.75) is 0 Å². The van der Waals surface area contributed by atoms with Crippen LogP contribution in [0.3, 0.4) is 0 Å². The van der Waals surface area contributed by atoms with Crippen LogP contribution in [0.5, 0.6) is 0 Å². The molecule has 0 heterocycles. The predicted molar refractivity (Wildman–Crippen MR) is 48.7 cm³/mol. The third-order valence-corrected chi connectivity index (χ3v) is 1.63. The van der Waals surface area contributed by atoms with E-state index in [2.05, 4.69) is 4.74 Å². The van der Waals surface area contributed by atoms with Gasteiger partial charge in [0.25, 0.3) is 0 Å². The van der Waals surface area contributed by atoms with Crippen LogP contribution in [0.2, 0.25) is 0 Å². The second-order valence-corrected chi connectivity index (χ2v) is 2.82. The Morgan fingerprint density at radius 2 is 1.94 bits per heavy atom. The Bertz CT molecular complexity index is 447. The van der Waals surface area contributed by atoms with E-state index in [1.165, 1.54) is 0 Å². The van der Waals surface area contributed by atoms with Gasteiger partial charge >= 0.3 is 11.9 Å². The van der Waals surface area contributed by atoms with E-state index in [1.54, 1.807) is 0 Å². The normalized spacial score (nSPS) is 9.88. The van der Waals surface area contributed by atoms with Crippen LogP contribution in [0.25, 0.3) is 0 Å². The molecule has 0 aliphatic rings. The van der Waals surface area contributed by atoms with Crippen LogP contribution >= 0.6 is 0 Å². The van der Waals surface area contributed by atoms with E-state index in [-0.39, 0.29) is 0 Å². The number of carboxylic acids is 1. The van der Waals surface area contributed by atoms with Gasteiger partial charge in [-0.15, -0.1) is 0 Å². The number of hydrogen-bond donors (Lipinski definition) is 2. The minimum absolute atomic E-state index is 0.452. The Labute approximate surface area is 88.4 Å². The SMILES string of the molecule is Nc1cc(F)c(C(=O)OCC(=O)O)cc1F. The van der Waals surface area contributed by atoms with Crippen molar-refractivity contribution in [2.24, 2.45) is 0 Å². The van der Waals surface area contributed by atoms with Gasteiger partial charge < -0.3 is 15.6 Å². The molecule has 3 N–H and O–H groups in total. The van der Waals surface area contributed by atoms with Gasteiger partial charge in [-0.25, -0.2) is 18.4 Å². The summed E-state index contributed by atoms with van der Waals surface area (Å²) in [7, 11) is 0. The maximum Gasteiger partial charge on any atom is 0.341 e. The minimum atomic E-state index is -1.40. The van der Waals surface area contributed by atoms with Gasteiger partial charge in [0.15, 0.2) is 6.61 Å². The van der Waals surface area contributed by atoms with Crippen molar-refractivity contribution in [1.82, 2.24) is 0 Å². The molecule has 16 heavy (non-hydrogen) atoms. The molecule has 1 rings (SSSR count). The number of anilines is 1. The van der Waals surface area contributed by atoms with Gasteiger partial charge in [-0.05, 0) is 6.07 Å². The number of esters is 1. The van der Waals surface area contributed by atoms with Crippen LogP contribution in [0.4, 0.5) is 14.5 Å². The molecule has 0 bridgehead atoms. The zero-order valence-corrected chi connectivity index (χ0v) is 7.87. The monoisotopic (exact) mass is 231 g/mol. The topological polar surface area (TPSA) is 89.6 Å². The second kappa shape index (κ2) is 4.56. The van der Waals surface area contributed by atoms with E-state index >= 15 is 0 Å². The summed E-state index contributed by atoms with van der Waals surface area (Å²) in [5.41, 5.74) is 3.90. The first-order valence-electron chi connectivity index (χ1n) is 4.05. The molecule has 0 spiro atoms. The van der Waals surface area contributed by atoms with E-state index < -0.39 is 41.4 Å². The number of carbonyl (C=O) groups excluding carboxylic acids is 1. The number of nitrogens with two attached hydrogens (primary N) is 1. The summed E-state index contributed by atoms with van der Waals surface area (Å²) < 4.78 is 30.2. The first-order chi connectivity index (χ1) is 7.41. The summed E-state index contributed by atoms with van der Waals surface area (Å²) in [4.78, 5) is 21.2. The number of halogens is 2. The van der Waals surface area contributed by atoms with Gasteiger partial charge in [-0.3, -0.25) is 0 Å². The molecule has 5 nitrogen and oxygen atoms in total. The Kier molecular flexibility index (Phi) is 3.39. The summed E-state index contributed by atoms with van der Waals surface area (Å²) in [6.45, 7) is -0.926. The van der Waals surface area contributed by atoms with Crippen molar-refractivity contribution in [2.75, 3.05) is 12.3 Å². The predicted octanol–water partition coefficient (Wildman–Crippen LogP) is 0.788. The lowest BCUT2D eigenvalue weighted by Gasteiger charge is -2.04. The van der Waals surface area contributed by atoms with E-state index in [9.17, 15) is 18.4 Å². The van der Waals surface area contributed by atoms with Crippen molar-refractivity contribution >= 4 is 17.6 Å². The highest BCUT2D eigenvalue weighted by atomic mass is 19.1. The smallest absolute Gasteiger partial charge is 0.341 e. The quantitative estimate of drug-likeness (QED) is 0.592. The molecule has 0 aliphatic carbocycles. The van der Waals surface area contributed by atoms with Crippen molar-refractivity contribution in [3.05, 3.63) is 29.3 Å². The Balaban J connectivity index is 2.91. The lowest BCUT2D eigenvalue weighted by atomic mass is 10.2. The summed E-state index contributed by atoms with van der Waals surface area (Å²) >= 11 is 0. The molecule has 1 aromatic rings. The van der Waals surface area contributed by atoms with Gasteiger partial charge in [-0.2, -0.15) is 0 Å². The van der Waals surface area contributed by atoms with Gasteiger partial charge in [0.05, 0.1) is 11.3 Å². The maximum absolute atomic E-state index is 13.1. The molecule has 0 radical (unpaired) electrons. The zero-order chi connectivity index (χ0) is 12.3. The zero-order valence-electron chi connectivity index (χ0n) is 7.87. The standard InChI is InChI=1S/C9H7F2NO4/c10-5-2-7(12)6(11)1-4(5)9(15)16-3-8(13)14/h1-2H,3,12H2,(H,13,14). The van der Waals surface area contributed by atoms with Gasteiger partial charge in [0.2, 0.25) is 0 Å². The highest BCUT2D eigenvalue weighted by Crippen LogP contribution is 2.17. The molecular formula is C9H7F2NO4. The lowest BCUT2D eigenvalue weighted by Crippen LogP contribution is -2.14. The molecule has 1 aromatic carbocycles. The van der Waals surface area contributed by atoms with Crippen molar-refractivity contribution in [1.29, 1.82) is 0 Å². The number of nitrogen functional groups attached to an aromatic ring is 1. The summed E-state index contributed by atoms with van der Waals surface area (Å²) in [6, 6.07) is 1.17. The maximum atomic E-state index is 13.1. The largest absolute Gasteiger partial charge is 0.479 e. The first kappa shape index (κ1) is 11.9. The average Bonchev–Trinajstić information content (AvgIpc) is 2.20. The van der Waals surface area contributed by atoms with Gasteiger partial charge in [0.1, 0.15) is 11.6 Å². The van der Waals surface area contributed by atoms with Crippen molar-refractivity contribution in [3.63, 3.8) is 0 Å². The number of carbonyl (C=O) groups is 2. The minimum Gasteiger partial charge on any atom is -0.479 e. The highest BCUT2D eigenvalue weighted by Gasteiger charge is 2.17. The number of benzene rings is 1. The van der Waals surface area contributed by atoms with Gasteiger partial charge in [0, 0.05) is 6.07 Å². The number of ether oxygens (including phenoxy) is 1. The Hall–Kier alpha value is -2.18. The van der Waals surface area contributed by atoms with E-state index in [1.807, 2.05) is 0 Å². The van der Waals surface area contributed by atoms with Crippen LogP contribution in [-0.4, -0.2) is 23.7 Å². The Morgan fingerprint density at radius 1 is 1.31 bits per heavy atom. The third kappa shape index (κ3) is 2.66. The number of aliphatic carboxylic acids is 1. The number of hydrogen-bond acceptors (Lipinski definition) is 4. The lowest BCUT2D eigenvalue weighted by molar-refractivity contribution is -0.140. The third-order valence-electron chi connectivity index (χ3n) is 1.63. The number of carboxylic acid groups (broad SMARTS) is 1. The van der Waals surface area contributed by atoms with Crippen LogP contribution in [0, 0.1) is 11.6 Å². The molecule has 0 unspecified atom stereocenters. The molecule has 0 saturated carbocycles. The molecular weight excluding hydrogens is 224 g/mol. The molecule has 86 valence electrons. The van der Waals surface area contributed by atoms with Crippen molar-refractivity contribution < 1.29 is 28.2 Å². The molecule has 0 amide bonds. The van der Waals surface area contributed by atoms with Crippen LogP contribution in [0.1, 0.15) is 10.4 Å². The number of rotatable bonds is 3. The van der Waals surface area contributed by atoms with E-state index in [0.29, 0.717) is 12.1 Å². The highest BCUT2D eigenvalue weighted by molar-refractivity contribution is 5.91. The van der Waals surface area contributed by atoms with Crippen LogP contribution < -0.4 is 5.73 Å². The molecule has 0 aliphatic heterocycles. The van der Waals surface area contributed by atoms with Crippen molar-refractivity contribution in [3.8, 4) is 0 Å². The van der Waals surface area contributed by atoms with E-state index in [0.717, 1.165) is 0 Å². The summed E-state index contributed by atoms with van der Waals surface area (Å²) in [5, 5.41) is 8.21. The molecule has 0 fully saturated rings. The van der Waals surface area contributed by atoms with Gasteiger partial charge in [-0.1, -0.05) is 0 Å². The molecule has 0 atom stereocenters. The van der Waals surface area contributed by atoms with E-state index in [4.69, 9.17) is 10.8 Å². The van der Waals surface area contributed by atoms with Crippen LogP contribution in [-0.2, 0) is 9.53 Å².